The molecule has 2 N–H and O–H groups in total. The second kappa shape index (κ2) is 7.78. The van der Waals surface area contributed by atoms with Crippen LogP contribution in [0.1, 0.15) is 59.3 Å². The molecule has 106 valence electrons. The number of hydrogen-bond acceptors (Lipinski definition) is 2. The van der Waals surface area contributed by atoms with Crippen LogP contribution in [0, 0.1) is 11.8 Å². The fourth-order valence-corrected chi connectivity index (χ4v) is 3.20. The normalized spacial score (nSPS) is 24.6. The summed E-state index contributed by atoms with van der Waals surface area (Å²) < 4.78 is 0. The lowest BCUT2D eigenvalue weighted by Crippen LogP contribution is -2.53. The van der Waals surface area contributed by atoms with E-state index in [4.69, 9.17) is 5.73 Å². The Labute approximate surface area is 112 Å². The van der Waals surface area contributed by atoms with Gasteiger partial charge in [0.2, 0.25) is 5.91 Å². The van der Waals surface area contributed by atoms with Crippen LogP contribution in [-0.4, -0.2) is 29.9 Å². The third-order valence-corrected chi connectivity index (χ3v) is 4.26. The van der Waals surface area contributed by atoms with E-state index in [1.807, 2.05) is 0 Å². The van der Waals surface area contributed by atoms with Crippen molar-refractivity contribution in [3.05, 3.63) is 0 Å². The van der Waals surface area contributed by atoms with E-state index in [2.05, 4.69) is 25.7 Å². The number of hydrogen-bond donors (Lipinski definition) is 1. The number of piperidine rings is 1. The smallest absolute Gasteiger partial charge is 0.225 e. The van der Waals surface area contributed by atoms with Crippen LogP contribution in [0.15, 0.2) is 0 Å². The second-order valence-electron chi connectivity index (χ2n) is 5.73. The van der Waals surface area contributed by atoms with Crippen LogP contribution in [0.4, 0.5) is 0 Å². The van der Waals surface area contributed by atoms with Gasteiger partial charge in [-0.15, -0.1) is 0 Å². The molecular weight excluding hydrogens is 224 g/mol. The van der Waals surface area contributed by atoms with E-state index in [-0.39, 0.29) is 12.0 Å². The number of likely N-dealkylation sites (tertiary alicyclic amines) is 1. The van der Waals surface area contributed by atoms with Crippen LogP contribution >= 0.6 is 0 Å². The van der Waals surface area contributed by atoms with Crippen molar-refractivity contribution in [3.8, 4) is 0 Å². The molecule has 1 aliphatic rings. The fourth-order valence-electron chi connectivity index (χ4n) is 3.20. The van der Waals surface area contributed by atoms with Crippen molar-refractivity contribution in [1.29, 1.82) is 0 Å². The molecule has 2 unspecified atom stereocenters. The lowest BCUT2D eigenvalue weighted by Gasteiger charge is -2.41. The zero-order chi connectivity index (χ0) is 13.5. The van der Waals surface area contributed by atoms with E-state index in [0.717, 1.165) is 38.6 Å². The van der Waals surface area contributed by atoms with Gasteiger partial charge < -0.3 is 10.6 Å². The van der Waals surface area contributed by atoms with Crippen molar-refractivity contribution in [1.82, 2.24) is 4.90 Å². The van der Waals surface area contributed by atoms with Crippen LogP contribution < -0.4 is 5.73 Å². The Hall–Kier alpha value is -0.570. The first-order valence-electron chi connectivity index (χ1n) is 7.66. The first kappa shape index (κ1) is 15.5. The summed E-state index contributed by atoms with van der Waals surface area (Å²) in [5, 5.41) is 0. The fraction of sp³-hybridized carbons (Fsp3) is 0.933. The Morgan fingerprint density at radius 3 is 2.44 bits per heavy atom. The van der Waals surface area contributed by atoms with Gasteiger partial charge in [0.15, 0.2) is 0 Å². The predicted molar refractivity (Wildman–Crippen MR) is 76.3 cm³/mol. The minimum absolute atomic E-state index is 0.222. The minimum Gasteiger partial charge on any atom is -0.338 e. The number of carbonyl (C=O) groups excluding carboxylic acids is 1. The summed E-state index contributed by atoms with van der Waals surface area (Å²) in [5.41, 5.74) is 5.88. The molecule has 1 amide bonds. The van der Waals surface area contributed by atoms with Crippen molar-refractivity contribution in [2.45, 2.75) is 65.3 Å². The molecular formula is C15H30N2O. The lowest BCUT2D eigenvalue weighted by molar-refractivity contribution is -0.141. The lowest BCUT2D eigenvalue weighted by atomic mass is 9.88. The molecule has 18 heavy (non-hydrogen) atoms. The summed E-state index contributed by atoms with van der Waals surface area (Å²) in [5.74, 6) is 1.14. The Morgan fingerprint density at radius 2 is 1.94 bits per heavy atom. The molecule has 0 bridgehead atoms. The van der Waals surface area contributed by atoms with E-state index >= 15 is 0 Å². The van der Waals surface area contributed by atoms with Gasteiger partial charge in [0.05, 0.1) is 0 Å². The number of nitrogens with zero attached hydrogens (tertiary/aromatic N) is 1. The highest BCUT2D eigenvalue weighted by Crippen LogP contribution is 2.26. The Morgan fingerprint density at radius 1 is 1.33 bits per heavy atom. The monoisotopic (exact) mass is 254 g/mol. The van der Waals surface area contributed by atoms with Crippen molar-refractivity contribution in [2.75, 3.05) is 13.1 Å². The van der Waals surface area contributed by atoms with Crippen LogP contribution in [0.2, 0.25) is 0 Å². The molecule has 1 aliphatic heterocycles. The molecule has 0 radical (unpaired) electrons. The molecule has 1 heterocycles. The highest BCUT2D eigenvalue weighted by Gasteiger charge is 2.33. The quantitative estimate of drug-likeness (QED) is 0.792. The van der Waals surface area contributed by atoms with Gasteiger partial charge in [-0.3, -0.25) is 4.79 Å². The van der Waals surface area contributed by atoms with E-state index in [1.54, 1.807) is 0 Å². The highest BCUT2D eigenvalue weighted by molar-refractivity contribution is 5.79. The van der Waals surface area contributed by atoms with E-state index in [9.17, 15) is 4.79 Å². The zero-order valence-corrected chi connectivity index (χ0v) is 12.3. The van der Waals surface area contributed by atoms with E-state index in [0.29, 0.717) is 18.4 Å². The first-order valence-corrected chi connectivity index (χ1v) is 7.66. The molecule has 0 aromatic rings. The Bertz CT molecular complexity index is 249. The van der Waals surface area contributed by atoms with Crippen molar-refractivity contribution in [3.63, 3.8) is 0 Å². The largest absolute Gasteiger partial charge is 0.338 e. The van der Waals surface area contributed by atoms with Crippen molar-refractivity contribution >= 4 is 5.91 Å². The summed E-state index contributed by atoms with van der Waals surface area (Å²) in [6.07, 6.45) is 6.57. The van der Waals surface area contributed by atoms with Gasteiger partial charge in [-0.1, -0.05) is 33.6 Å². The SMILES string of the molecule is CCCC(CCC)C(=O)N1CCCC(C)C1CN. The molecule has 2 atom stereocenters. The summed E-state index contributed by atoms with van der Waals surface area (Å²) in [4.78, 5) is 14.8. The average Bonchev–Trinajstić information content (AvgIpc) is 2.37. The molecule has 0 saturated carbocycles. The molecule has 0 aliphatic carbocycles. The van der Waals surface area contributed by atoms with Crippen molar-refractivity contribution < 1.29 is 4.79 Å². The third kappa shape index (κ3) is 3.71. The average molecular weight is 254 g/mol. The van der Waals surface area contributed by atoms with E-state index < -0.39 is 0 Å². The van der Waals surface area contributed by atoms with Gasteiger partial charge in [0, 0.05) is 25.0 Å². The van der Waals surface area contributed by atoms with Crippen LogP contribution in [0.3, 0.4) is 0 Å². The van der Waals surface area contributed by atoms with Gasteiger partial charge in [0.1, 0.15) is 0 Å². The van der Waals surface area contributed by atoms with E-state index in [1.165, 1.54) is 6.42 Å². The van der Waals surface area contributed by atoms with Gasteiger partial charge in [-0.25, -0.2) is 0 Å². The summed E-state index contributed by atoms with van der Waals surface area (Å²) in [7, 11) is 0. The molecule has 1 fully saturated rings. The Kier molecular flexibility index (Phi) is 6.69. The standard InChI is InChI=1S/C15H30N2O/c1-4-7-13(8-5-2)15(18)17-10-6-9-12(3)14(17)11-16/h12-14H,4-11,16H2,1-3H3. The van der Waals surface area contributed by atoms with Crippen LogP contribution in [0.25, 0.3) is 0 Å². The van der Waals surface area contributed by atoms with Crippen LogP contribution in [0.5, 0.6) is 0 Å². The van der Waals surface area contributed by atoms with Gasteiger partial charge in [-0.2, -0.15) is 0 Å². The molecule has 1 saturated heterocycles. The predicted octanol–water partition coefficient (Wildman–Crippen LogP) is 2.79. The maximum Gasteiger partial charge on any atom is 0.225 e. The van der Waals surface area contributed by atoms with Gasteiger partial charge in [0.25, 0.3) is 0 Å². The molecule has 3 heteroatoms. The second-order valence-corrected chi connectivity index (χ2v) is 5.73. The molecule has 0 spiro atoms. The van der Waals surface area contributed by atoms with Gasteiger partial charge >= 0.3 is 0 Å². The van der Waals surface area contributed by atoms with Crippen molar-refractivity contribution in [2.24, 2.45) is 17.6 Å². The summed E-state index contributed by atoms with van der Waals surface area (Å²) in [6, 6.07) is 0.266. The Balaban J connectivity index is 2.71. The van der Waals surface area contributed by atoms with Gasteiger partial charge in [-0.05, 0) is 31.6 Å². The molecule has 0 aromatic carbocycles. The molecule has 1 rings (SSSR count). The summed E-state index contributed by atoms with van der Waals surface area (Å²) in [6.45, 7) is 8.07. The topological polar surface area (TPSA) is 46.3 Å². The zero-order valence-electron chi connectivity index (χ0n) is 12.3. The minimum atomic E-state index is 0.222. The number of nitrogens with two attached hydrogens (primary N) is 1. The third-order valence-electron chi connectivity index (χ3n) is 4.26. The maximum atomic E-state index is 12.7. The first-order chi connectivity index (χ1) is 8.65. The number of rotatable bonds is 6. The van der Waals surface area contributed by atoms with Crippen LogP contribution in [-0.2, 0) is 4.79 Å². The molecule has 3 nitrogen and oxygen atoms in total. The number of amides is 1. The highest BCUT2D eigenvalue weighted by atomic mass is 16.2. The maximum absolute atomic E-state index is 12.7. The summed E-state index contributed by atoms with van der Waals surface area (Å²) >= 11 is 0. The number of carbonyl (C=O) groups is 1. The molecule has 0 aromatic heterocycles.